The van der Waals surface area contributed by atoms with Crippen LogP contribution in [0.4, 0.5) is 0 Å². The summed E-state index contributed by atoms with van der Waals surface area (Å²) in [5.74, 6) is -0.893. The molecule has 0 fully saturated rings. The number of rotatable bonds is 2. The van der Waals surface area contributed by atoms with Crippen molar-refractivity contribution in [2.24, 2.45) is 0 Å². The standard InChI is InChI=1S/C14H15NO2/c1-4-10-7-12(14(16)17)11-6-5-8(2)9(3)13(11)15-10/h5-7H,4H2,1-3H3,(H,16,17). The molecule has 0 unspecified atom stereocenters. The van der Waals surface area contributed by atoms with E-state index in [-0.39, 0.29) is 0 Å². The summed E-state index contributed by atoms with van der Waals surface area (Å²) in [6, 6.07) is 5.45. The Labute approximate surface area is 100 Å². The van der Waals surface area contributed by atoms with Gasteiger partial charge in [0.2, 0.25) is 0 Å². The predicted octanol–water partition coefficient (Wildman–Crippen LogP) is 3.11. The molecule has 0 atom stereocenters. The zero-order valence-electron chi connectivity index (χ0n) is 10.2. The van der Waals surface area contributed by atoms with Crippen LogP contribution in [0, 0.1) is 13.8 Å². The van der Waals surface area contributed by atoms with Crippen LogP contribution in [0.25, 0.3) is 10.9 Å². The van der Waals surface area contributed by atoms with E-state index in [2.05, 4.69) is 4.98 Å². The average Bonchev–Trinajstić information content (AvgIpc) is 2.32. The SMILES string of the molecule is CCc1cc(C(=O)O)c2ccc(C)c(C)c2n1. The van der Waals surface area contributed by atoms with Gasteiger partial charge in [-0.05, 0) is 37.5 Å². The minimum Gasteiger partial charge on any atom is -0.478 e. The predicted molar refractivity (Wildman–Crippen MR) is 67.6 cm³/mol. The first-order valence-electron chi connectivity index (χ1n) is 5.67. The zero-order chi connectivity index (χ0) is 12.6. The van der Waals surface area contributed by atoms with Gasteiger partial charge in [-0.1, -0.05) is 19.1 Å². The first kappa shape index (κ1) is 11.6. The van der Waals surface area contributed by atoms with E-state index >= 15 is 0 Å². The fourth-order valence-corrected chi connectivity index (χ4v) is 1.94. The zero-order valence-corrected chi connectivity index (χ0v) is 10.2. The third-order valence-electron chi connectivity index (χ3n) is 3.15. The number of aromatic carboxylic acids is 1. The molecule has 1 aromatic carbocycles. The van der Waals surface area contributed by atoms with Crippen LogP contribution in [0.15, 0.2) is 18.2 Å². The number of fused-ring (bicyclic) bond motifs is 1. The summed E-state index contributed by atoms with van der Waals surface area (Å²) >= 11 is 0. The Morgan fingerprint density at radius 3 is 2.65 bits per heavy atom. The summed E-state index contributed by atoms with van der Waals surface area (Å²) in [5, 5.41) is 9.96. The Hall–Kier alpha value is -1.90. The molecule has 0 aliphatic carbocycles. The molecule has 2 rings (SSSR count). The van der Waals surface area contributed by atoms with Gasteiger partial charge in [0.1, 0.15) is 0 Å². The van der Waals surface area contributed by atoms with Crippen LogP contribution in [0.3, 0.4) is 0 Å². The van der Waals surface area contributed by atoms with Crippen molar-refractivity contribution in [3.63, 3.8) is 0 Å². The van der Waals surface area contributed by atoms with E-state index in [4.69, 9.17) is 0 Å². The number of carboxylic acid groups (broad SMARTS) is 1. The molecular formula is C14H15NO2. The number of aryl methyl sites for hydroxylation is 3. The Balaban J connectivity index is 2.90. The summed E-state index contributed by atoms with van der Waals surface area (Å²) in [5.41, 5.74) is 4.16. The van der Waals surface area contributed by atoms with Gasteiger partial charge >= 0.3 is 5.97 Å². The van der Waals surface area contributed by atoms with Gasteiger partial charge in [0.05, 0.1) is 11.1 Å². The van der Waals surface area contributed by atoms with Gasteiger partial charge in [-0.2, -0.15) is 0 Å². The molecule has 1 heterocycles. The van der Waals surface area contributed by atoms with Crippen LogP contribution in [-0.4, -0.2) is 16.1 Å². The number of carbonyl (C=O) groups is 1. The summed E-state index contributed by atoms with van der Waals surface area (Å²) < 4.78 is 0. The number of hydrogen-bond acceptors (Lipinski definition) is 2. The highest BCUT2D eigenvalue weighted by molar-refractivity contribution is 6.03. The monoisotopic (exact) mass is 229 g/mol. The van der Waals surface area contributed by atoms with Gasteiger partial charge in [-0.15, -0.1) is 0 Å². The number of pyridine rings is 1. The van der Waals surface area contributed by atoms with Crippen molar-refractivity contribution >= 4 is 16.9 Å². The Kier molecular flexibility index (Phi) is 2.84. The normalized spacial score (nSPS) is 10.8. The maximum atomic E-state index is 11.3. The third-order valence-corrected chi connectivity index (χ3v) is 3.15. The first-order chi connectivity index (χ1) is 8.04. The van der Waals surface area contributed by atoms with Gasteiger partial charge in [-0.3, -0.25) is 4.98 Å². The van der Waals surface area contributed by atoms with Crippen LogP contribution in [0.1, 0.15) is 34.1 Å². The van der Waals surface area contributed by atoms with Gasteiger partial charge in [0.15, 0.2) is 0 Å². The molecule has 1 N–H and O–H groups in total. The summed E-state index contributed by atoms with van der Waals surface area (Å²) in [6.45, 7) is 5.97. The Morgan fingerprint density at radius 1 is 1.35 bits per heavy atom. The molecule has 0 aliphatic rings. The summed E-state index contributed by atoms with van der Waals surface area (Å²) in [4.78, 5) is 15.8. The van der Waals surface area contributed by atoms with Crippen molar-refractivity contribution in [3.05, 3.63) is 40.6 Å². The second kappa shape index (κ2) is 4.17. The van der Waals surface area contributed by atoms with Crippen LogP contribution in [-0.2, 0) is 6.42 Å². The van der Waals surface area contributed by atoms with Gasteiger partial charge < -0.3 is 5.11 Å². The largest absolute Gasteiger partial charge is 0.478 e. The average molecular weight is 229 g/mol. The molecule has 0 amide bonds. The van der Waals surface area contributed by atoms with Crippen LogP contribution in [0.5, 0.6) is 0 Å². The lowest BCUT2D eigenvalue weighted by molar-refractivity contribution is 0.0699. The van der Waals surface area contributed by atoms with Gasteiger partial charge in [0, 0.05) is 11.1 Å². The fourth-order valence-electron chi connectivity index (χ4n) is 1.94. The molecule has 88 valence electrons. The summed E-state index contributed by atoms with van der Waals surface area (Å²) in [6.07, 6.45) is 0.740. The smallest absolute Gasteiger partial charge is 0.336 e. The van der Waals surface area contributed by atoms with E-state index in [1.54, 1.807) is 6.07 Å². The lowest BCUT2D eigenvalue weighted by Gasteiger charge is -2.09. The molecule has 0 saturated heterocycles. The molecule has 0 spiro atoms. The molecule has 2 aromatic rings. The number of carboxylic acids is 1. The van der Waals surface area contributed by atoms with Crippen LogP contribution in [0.2, 0.25) is 0 Å². The number of hydrogen-bond donors (Lipinski definition) is 1. The van der Waals surface area contributed by atoms with Crippen molar-refractivity contribution in [1.82, 2.24) is 4.98 Å². The van der Waals surface area contributed by atoms with Gasteiger partial charge in [0.25, 0.3) is 0 Å². The molecule has 1 aromatic heterocycles. The van der Waals surface area contributed by atoms with Crippen molar-refractivity contribution in [3.8, 4) is 0 Å². The lowest BCUT2D eigenvalue weighted by atomic mass is 10.0. The van der Waals surface area contributed by atoms with Gasteiger partial charge in [-0.25, -0.2) is 4.79 Å². The van der Waals surface area contributed by atoms with E-state index in [1.165, 1.54) is 0 Å². The Bertz CT molecular complexity index is 603. The molecule has 0 radical (unpaired) electrons. The van der Waals surface area contributed by atoms with E-state index in [0.29, 0.717) is 5.56 Å². The molecule has 3 nitrogen and oxygen atoms in total. The fraction of sp³-hybridized carbons (Fsp3) is 0.286. The summed E-state index contributed by atoms with van der Waals surface area (Å²) in [7, 11) is 0. The number of nitrogens with zero attached hydrogens (tertiary/aromatic N) is 1. The maximum absolute atomic E-state index is 11.3. The quantitative estimate of drug-likeness (QED) is 0.860. The Morgan fingerprint density at radius 2 is 2.06 bits per heavy atom. The molecule has 3 heteroatoms. The minimum absolute atomic E-state index is 0.343. The van der Waals surface area contributed by atoms with E-state index in [1.807, 2.05) is 32.9 Å². The molecule has 17 heavy (non-hydrogen) atoms. The van der Waals surface area contributed by atoms with E-state index in [0.717, 1.165) is 34.1 Å². The molecular weight excluding hydrogens is 214 g/mol. The van der Waals surface area contributed by atoms with E-state index < -0.39 is 5.97 Å². The molecule has 0 saturated carbocycles. The van der Waals surface area contributed by atoms with Crippen molar-refractivity contribution < 1.29 is 9.90 Å². The molecule has 0 bridgehead atoms. The van der Waals surface area contributed by atoms with Crippen LogP contribution >= 0.6 is 0 Å². The van der Waals surface area contributed by atoms with Crippen molar-refractivity contribution in [2.45, 2.75) is 27.2 Å². The molecule has 0 aliphatic heterocycles. The van der Waals surface area contributed by atoms with Crippen molar-refractivity contribution in [1.29, 1.82) is 0 Å². The second-order valence-corrected chi connectivity index (χ2v) is 4.22. The first-order valence-corrected chi connectivity index (χ1v) is 5.67. The second-order valence-electron chi connectivity index (χ2n) is 4.22. The van der Waals surface area contributed by atoms with Crippen molar-refractivity contribution in [2.75, 3.05) is 0 Å². The van der Waals surface area contributed by atoms with E-state index in [9.17, 15) is 9.90 Å². The number of aromatic nitrogens is 1. The highest BCUT2D eigenvalue weighted by atomic mass is 16.4. The lowest BCUT2D eigenvalue weighted by Crippen LogP contribution is -2.03. The third kappa shape index (κ3) is 1.88. The topological polar surface area (TPSA) is 50.2 Å². The number of benzene rings is 1. The minimum atomic E-state index is -0.893. The highest BCUT2D eigenvalue weighted by Crippen LogP contribution is 2.24. The van der Waals surface area contributed by atoms with Crippen LogP contribution < -0.4 is 0 Å². The maximum Gasteiger partial charge on any atom is 0.336 e. The highest BCUT2D eigenvalue weighted by Gasteiger charge is 2.13.